The number of nitrogens with one attached hydrogen (secondary N) is 1. The maximum Gasteiger partial charge on any atom is 0.131 e. The van der Waals surface area contributed by atoms with Crippen molar-refractivity contribution in [3.63, 3.8) is 0 Å². The molecule has 0 aliphatic carbocycles. The quantitative estimate of drug-likeness (QED) is 0.778. The number of fused-ring (bicyclic) bond motifs is 1. The van der Waals surface area contributed by atoms with Crippen LogP contribution in [0.25, 0.3) is 0 Å². The first kappa shape index (κ1) is 15.6. The number of aryl methyl sites for hydroxylation is 1. The Hall–Kier alpha value is -2.95. The lowest BCUT2D eigenvalue weighted by Crippen LogP contribution is -2.32. The number of aromatic nitrogens is 2. The third-order valence-electron chi connectivity index (χ3n) is 4.45. The van der Waals surface area contributed by atoms with Crippen molar-refractivity contribution < 1.29 is 4.39 Å². The minimum absolute atomic E-state index is 0.240. The Morgan fingerprint density at radius 3 is 2.72 bits per heavy atom. The van der Waals surface area contributed by atoms with E-state index >= 15 is 0 Å². The minimum Gasteiger partial charge on any atom is -0.354 e. The summed E-state index contributed by atoms with van der Waals surface area (Å²) in [5, 5.41) is 3.28. The van der Waals surface area contributed by atoms with Crippen molar-refractivity contribution in [2.24, 2.45) is 0 Å². The van der Waals surface area contributed by atoms with E-state index in [9.17, 15) is 4.39 Å². The molecule has 1 aromatic carbocycles. The Labute approximate surface area is 146 Å². The Morgan fingerprint density at radius 2 is 1.92 bits per heavy atom. The maximum atomic E-state index is 13.0. The third kappa shape index (κ3) is 3.31. The molecule has 0 spiro atoms. The van der Waals surface area contributed by atoms with Gasteiger partial charge in [0.25, 0.3) is 0 Å². The Morgan fingerprint density at radius 1 is 1.08 bits per heavy atom. The predicted octanol–water partition coefficient (Wildman–Crippen LogP) is 4.23. The lowest BCUT2D eigenvalue weighted by Gasteiger charge is -2.30. The van der Waals surface area contributed by atoms with Crippen LogP contribution in [0.5, 0.6) is 0 Å². The summed E-state index contributed by atoms with van der Waals surface area (Å²) in [6, 6.07) is 12.5. The van der Waals surface area contributed by atoms with Crippen molar-refractivity contribution in [1.29, 1.82) is 0 Å². The highest BCUT2D eigenvalue weighted by Gasteiger charge is 2.20. The number of nitrogens with zero attached hydrogens (tertiary/aromatic N) is 3. The molecule has 0 atom stereocenters. The van der Waals surface area contributed by atoms with E-state index in [1.165, 1.54) is 23.3 Å². The van der Waals surface area contributed by atoms with E-state index in [-0.39, 0.29) is 5.82 Å². The molecule has 0 saturated carbocycles. The first-order valence-corrected chi connectivity index (χ1v) is 8.36. The highest BCUT2D eigenvalue weighted by Crippen LogP contribution is 2.26. The molecule has 1 aliphatic rings. The van der Waals surface area contributed by atoms with Crippen LogP contribution in [0.2, 0.25) is 0 Å². The zero-order valence-corrected chi connectivity index (χ0v) is 14.0. The summed E-state index contributed by atoms with van der Waals surface area (Å²) in [5.41, 5.74) is 5.26. The van der Waals surface area contributed by atoms with Gasteiger partial charge in [-0.3, -0.25) is 4.98 Å². The Balaban J connectivity index is 1.57. The molecule has 5 heteroatoms. The van der Waals surface area contributed by atoms with Crippen molar-refractivity contribution in [3.8, 4) is 0 Å². The monoisotopic (exact) mass is 334 g/mol. The van der Waals surface area contributed by atoms with E-state index in [1.54, 1.807) is 12.1 Å². The molecule has 0 amide bonds. The second-order valence-corrected chi connectivity index (χ2v) is 6.28. The molecule has 0 bridgehead atoms. The summed E-state index contributed by atoms with van der Waals surface area (Å²) >= 11 is 0. The standard InChI is InChI=1S/C20H19FN4/c1-14-3-2-9-22-20(14)25-10-8-19-15(13-25)11-18(12-23-19)24-17-6-4-16(21)5-7-17/h2-7,9,11-12,24H,8,10,13H2,1H3. The lowest BCUT2D eigenvalue weighted by molar-refractivity contribution is 0.628. The zero-order chi connectivity index (χ0) is 17.2. The van der Waals surface area contributed by atoms with Crippen molar-refractivity contribution in [3.05, 3.63) is 77.5 Å². The van der Waals surface area contributed by atoms with Gasteiger partial charge in [-0.05, 0) is 54.4 Å². The lowest BCUT2D eigenvalue weighted by atomic mass is 10.0. The SMILES string of the molecule is Cc1cccnc1N1CCc2ncc(Nc3ccc(F)cc3)cc2C1. The second kappa shape index (κ2) is 6.51. The van der Waals surface area contributed by atoms with Crippen LogP contribution in [0.15, 0.2) is 54.9 Å². The Kier molecular flexibility index (Phi) is 4.06. The molecule has 126 valence electrons. The first-order valence-electron chi connectivity index (χ1n) is 8.36. The third-order valence-corrected chi connectivity index (χ3v) is 4.45. The van der Waals surface area contributed by atoms with Gasteiger partial charge < -0.3 is 10.2 Å². The number of hydrogen-bond donors (Lipinski definition) is 1. The fourth-order valence-corrected chi connectivity index (χ4v) is 3.18. The van der Waals surface area contributed by atoms with Crippen LogP contribution in [0.3, 0.4) is 0 Å². The average Bonchev–Trinajstić information content (AvgIpc) is 2.63. The minimum atomic E-state index is -0.240. The van der Waals surface area contributed by atoms with Crippen LogP contribution >= 0.6 is 0 Å². The molecule has 3 aromatic rings. The number of hydrogen-bond acceptors (Lipinski definition) is 4. The fraction of sp³-hybridized carbons (Fsp3) is 0.200. The van der Waals surface area contributed by atoms with Gasteiger partial charge in [0.15, 0.2) is 0 Å². The number of pyridine rings is 2. The number of benzene rings is 1. The van der Waals surface area contributed by atoms with Crippen LogP contribution in [0.4, 0.5) is 21.6 Å². The van der Waals surface area contributed by atoms with E-state index in [0.29, 0.717) is 0 Å². The zero-order valence-electron chi connectivity index (χ0n) is 14.0. The Bertz CT molecular complexity index is 892. The van der Waals surface area contributed by atoms with Crippen molar-refractivity contribution >= 4 is 17.2 Å². The summed E-state index contributed by atoms with van der Waals surface area (Å²) in [7, 11) is 0. The highest BCUT2D eigenvalue weighted by molar-refractivity contribution is 5.60. The van der Waals surface area contributed by atoms with Gasteiger partial charge >= 0.3 is 0 Å². The molecular formula is C20H19FN4. The van der Waals surface area contributed by atoms with Gasteiger partial charge in [-0.15, -0.1) is 0 Å². The van der Waals surface area contributed by atoms with Crippen LogP contribution in [-0.4, -0.2) is 16.5 Å². The van der Waals surface area contributed by atoms with E-state index in [0.717, 1.165) is 42.4 Å². The number of halogens is 1. The molecule has 25 heavy (non-hydrogen) atoms. The average molecular weight is 334 g/mol. The molecular weight excluding hydrogens is 315 g/mol. The summed E-state index contributed by atoms with van der Waals surface area (Å²) in [5.74, 6) is 0.792. The van der Waals surface area contributed by atoms with Crippen molar-refractivity contribution in [1.82, 2.24) is 9.97 Å². The highest BCUT2D eigenvalue weighted by atomic mass is 19.1. The molecule has 0 saturated heterocycles. The van der Waals surface area contributed by atoms with E-state index in [2.05, 4.69) is 39.2 Å². The molecule has 4 nitrogen and oxygen atoms in total. The molecule has 2 aromatic heterocycles. The molecule has 1 aliphatic heterocycles. The van der Waals surface area contributed by atoms with Gasteiger partial charge in [0.05, 0.1) is 11.9 Å². The van der Waals surface area contributed by atoms with Gasteiger partial charge in [-0.1, -0.05) is 6.07 Å². The molecule has 3 heterocycles. The van der Waals surface area contributed by atoms with Crippen molar-refractivity contribution in [2.75, 3.05) is 16.8 Å². The normalized spacial score (nSPS) is 13.4. The van der Waals surface area contributed by atoms with E-state index in [1.807, 2.05) is 18.5 Å². The maximum absolute atomic E-state index is 13.0. The van der Waals surface area contributed by atoms with Crippen LogP contribution in [0.1, 0.15) is 16.8 Å². The van der Waals surface area contributed by atoms with Crippen molar-refractivity contribution in [2.45, 2.75) is 19.9 Å². The van der Waals surface area contributed by atoms with Gasteiger partial charge in [-0.25, -0.2) is 9.37 Å². The predicted molar refractivity (Wildman–Crippen MR) is 97.6 cm³/mol. The first-order chi connectivity index (χ1) is 12.2. The summed E-state index contributed by atoms with van der Waals surface area (Å²) < 4.78 is 13.0. The van der Waals surface area contributed by atoms with Gasteiger partial charge in [-0.2, -0.15) is 0 Å². The molecule has 0 radical (unpaired) electrons. The molecule has 1 N–H and O–H groups in total. The van der Waals surface area contributed by atoms with E-state index in [4.69, 9.17) is 0 Å². The summed E-state index contributed by atoms with van der Waals surface area (Å²) in [4.78, 5) is 11.4. The fourth-order valence-electron chi connectivity index (χ4n) is 3.18. The largest absolute Gasteiger partial charge is 0.354 e. The van der Waals surface area contributed by atoms with Crippen LogP contribution < -0.4 is 10.2 Å². The summed E-state index contributed by atoms with van der Waals surface area (Å²) in [6.07, 6.45) is 4.58. The van der Waals surface area contributed by atoms with E-state index < -0.39 is 0 Å². The van der Waals surface area contributed by atoms with Crippen LogP contribution in [0, 0.1) is 12.7 Å². The molecule has 0 unspecified atom stereocenters. The number of anilines is 3. The summed E-state index contributed by atoms with van der Waals surface area (Å²) in [6.45, 7) is 3.80. The van der Waals surface area contributed by atoms with Crippen LogP contribution in [-0.2, 0) is 13.0 Å². The topological polar surface area (TPSA) is 41.1 Å². The van der Waals surface area contributed by atoms with Gasteiger partial charge in [0, 0.05) is 37.1 Å². The molecule has 0 fully saturated rings. The van der Waals surface area contributed by atoms with Gasteiger partial charge in [0.2, 0.25) is 0 Å². The van der Waals surface area contributed by atoms with Gasteiger partial charge in [0.1, 0.15) is 11.6 Å². The smallest absolute Gasteiger partial charge is 0.131 e. The molecule has 4 rings (SSSR count). The number of rotatable bonds is 3. The second-order valence-electron chi connectivity index (χ2n) is 6.28.